The summed E-state index contributed by atoms with van der Waals surface area (Å²) in [5.74, 6) is 1.05. The van der Waals surface area contributed by atoms with Crippen molar-refractivity contribution in [3.05, 3.63) is 54.1 Å². The topological polar surface area (TPSA) is 74.4 Å². The second-order valence-corrected chi connectivity index (χ2v) is 9.37. The fourth-order valence-corrected chi connectivity index (χ4v) is 4.71. The molecule has 0 unspecified atom stereocenters. The molecule has 2 aromatic carbocycles. The number of methoxy groups -OCH3 is 1. The highest BCUT2D eigenvalue weighted by Gasteiger charge is 2.19. The SMILES string of the molecule is COc1ccc(CCC(=O)N2CCCN(CCC(=O)Nc3ccc(N4CCOCC4)cc3)CC2)cc1. The molecular formula is C28H38N4O4. The first-order valence-corrected chi connectivity index (χ1v) is 13.0. The fourth-order valence-electron chi connectivity index (χ4n) is 4.71. The predicted octanol–water partition coefficient (Wildman–Crippen LogP) is 3.03. The molecule has 4 rings (SSSR count). The lowest BCUT2D eigenvalue weighted by Gasteiger charge is -2.28. The van der Waals surface area contributed by atoms with Gasteiger partial charge in [0, 0.05) is 63.5 Å². The molecule has 2 saturated heterocycles. The minimum absolute atomic E-state index is 0.0193. The molecule has 0 bridgehead atoms. The van der Waals surface area contributed by atoms with Gasteiger partial charge in [-0.05, 0) is 61.3 Å². The zero-order chi connectivity index (χ0) is 25.2. The third-order valence-corrected chi connectivity index (χ3v) is 6.91. The minimum atomic E-state index is 0.0193. The Morgan fingerprint density at radius 3 is 2.36 bits per heavy atom. The maximum absolute atomic E-state index is 12.8. The minimum Gasteiger partial charge on any atom is -0.497 e. The van der Waals surface area contributed by atoms with E-state index < -0.39 is 0 Å². The molecule has 0 spiro atoms. The summed E-state index contributed by atoms with van der Waals surface area (Å²) in [7, 11) is 1.65. The number of carbonyl (C=O) groups excluding carboxylic acids is 2. The normalized spacial score (nSPS) is 16.9. The summed E-state index contributed by atoms with van der Waals surface area (Å²) in [5, 5.41) is 3.01. The third kappa shape index (κ3) is 7.70. The molecular weight excluding hydrogens is 456 g/mol. The highest BCUT2D eigenvalue weighted by Crippen LogP contribution is 2.19. The number of amides is 2. The van der Waals surface area contributed by atoms with E-state index in [0.717, 1.165) is 81.5 Å². The van der Waals surface area contributed by atoms with Crippen LogP contribution in [0.1, 0.15) is 24.8 Å². The summed E-state index contributed by atoms with van der Waals surface area (Å²) in [6.45, 7) is 7.20. The molecule has 2 aliphatic rings. The molecule has 0 saturated carbocycles. The van der Waals surface area contributed by atoms with Crippen molar-refractivity contribution in [1.29, 1.82) is 0 Å². The number of rotatable bonds is 9. The Hall–Kier alpha value is -3.10. The van der Waals surface area contributed by atoms with E-state index >= 15 is 0 Å². The summed E-state index contributed by atoms with van der Waals surface area (Å²) in [6.07, 6.45) is 2.62. The van der Waals surface area contributed by atoms with Crippen molar-refractivity contribution in [1.82, 2.24) is 9.80 Å². The van der Waals surface area contributed by atoms with Gasteiger partial charge >= 0.3 is 0 Å². The summed E-state index contributed by atoms with van der Waals surface area (Å²) >= 11 is 0. The predicted molar refractivity (Wildman–Crippen MR) is 142 cm³/mol. The summed E-state index contributed by atoms with van der Waals surface area (Å²) in [5.41, 5.74) is 3.12. The number of aryl methyl sites for hydroxylation is 1. The Kier molecular flexibility index (Phi) is 9.58. The average Bonchev–Trinajstić information content (AvgIpc) is 3.18. The lowest BCUT2D eigenvalue weighted by molar-refractivity contribution is -0.131. The van der Waals surface area contributed by atoms with Crippen LogP contribution in [0.4, 0.5) is 11.4 Å². The Balaban J connectivity index is 1.15. The molecule has 2 amide bonds. The first-order valence-electron chi connectivity index (χ1n) is 13.0. The number of hydrogen-bond donors (Lipinski definition) is 1. The molecule has 8 nitrogen and oxygen atoms in total. The number of benzene rings is 2. The van der Waals surface area contributed by atoms with Crippen molar-refractivity contribution in [2.75, 3.05) is 76.4 Å². The largest absolute Gasteiger partial charge is 0.497 e. The number of ether oxygens (including phenoxy) is 2. The van der Waals surface area contributed by atoms with Gasteiger partial charge in [0.1, 0.15) is 5.75 Å². The second kappa shape index (κ2) is 13.3. The van der Waals surface area contributed by atoms with Crippen LogP contribution in [0.3, 0.4) is 0 Å². The van der Waals surface area contributed by atoms with Crippen molar-refractivity contribution in [2.45, 2.75) is 25.7 Å². The molecule has 36 heavy (non-hydrogen) atoms. The van der Waals surface area contributed by atoms with Crippen molar-refractivity contribution in [2.24, 2.45) is 0 Å². The van der Waals surface area contributed by atoms with Gasteiger partial charge in [0.15, 0.2) is 0 Å². The number of morpholine rings is 1. The van der Waals surface area contributed by atoms with Gasteiger partial charge in [0.05, 0.1) is 20.3 Å². The summed E-state index contributed by atoms with van der Waals surface area (Å²) < 4.78 is 10.6. The molecule has 8 heteroatoms. The van der Waals surface area contributed by atoms with Gasteiger partial charge in [-0.25, -0.2) is 0 Å². The first kappa shape index (κ1) is 26.0. The van der Waals surface area contributed by atoms with E-state index in [1.54, 1.807) is 7.11 Å². The van der Waals surface area contributed by atoms with Crippen LogP contribution < -0.4 is 15.0 Å². The standard InChI is InChI=1S/C28H38N4O4/c1-35-26-10-3-23(4-11-26)5-12-28(34)32-15-2-14-30(17-18-32)16-13-27(33)29-24-6-8-25(9-7-24)31-19-21-36-22-20-31/h3-4,6-11H,2,5,12-22H2,1H3,(H,29,33). The highest BCUT2D eigenvalue weighted by atomic mass is 16.5. The average molecular weight is 495 g/mol. The smallest absolute Gasteiger partial charge is 0.225 e. The Labute approximate surface area is 214 Å². The van der Waals surface area contributed by atoms with Crippen LogP contribution in [0.25, 0.3) is 0 Å². The maximum atomic E-state index is 12.8. The zero-order valence-electron chi connectivity index (χ0n) is 21.3. The van der Waals surface area contributed by atoms with E-state index in [4.69, 9.17) is 9.47 Å². The van der Waals surface area contributed by atoms with Crippen LogP contribution in [0, 0.1) is 0 Å². The van der Waals surface area contributed by atoms with Gasteiger partial charge in [-0.3, -0.25) is 9.59 Å². The number of carbonyl (C=O) groups is 2. The van der Waals surface area contributed by atoms with E-state index in [1.165, 1.54) is 0 Å². The Morgan fingerprint density at radius 1 is 0.889 bits per heavy atom. The van der Waals surface area contributed by atoms with Crippen LogP contribution in [-0.2, 0) is 20.7 Å². The van der Waals surface area contributed by atoms with Crippen LogP contribution in [0.15, 0.2) is 48.5 Å². The second-order valence-electron chi connectivity index (χ2n) is 9.37. The fraction of sp³-hybridized carbons (Fsp3) is 0.500. The van der Waals surface area contributed by atoms with E-state index in [1.807, 2.05) is 41.3 Å². The molecule has 0 atom stereocenters. The molecule has 2 aromatic rings. The molecule has 0 radical (unpaired) electrons. The van der Waals surface area contributed by atoms with E-state index in [0.29, 0.717) is 25.9 Å². The number of nitrogens with zero attached hydrogens (tertiary/aromatic N) is 3. The highest BCUT2D eigenvalue weighted by molar-refractivity contribution is 5.91. The lowest BCUT2D eigenvalue weighted by Crippen LogP contribution is -2.36. The lowest BCUT2D eigenvalue weighted by atomic mass is 10.1. The molecule has 194 valence electrons. The number of nitrogens with one attached hydrogen (secondary N) is 1. The molecule has 1 N–H and O–H groups in total. The van der Waals surface area contributed by atoms with Crippen molar-refractivity contribution >= 4 is 23.2 Å². The first-order chi connectivity index (χ1) is 17.6. The van der Waals surface area contributed by atoms with Gasteiger partial charge in [-0.2, -0.15) is 0 Å². The Bertz CT molecular complexity index is 974. The van der Waals surface area contributed by atoms with E-state index in [9.17, 15) is 9.59 Å². The quantitative estimate of drug-likeness (QED) is 0.578. The van der Waals surface area contributed by atoms with Crippen LogP contribution in [-0.4, -0.2) is 87.8 Å². The molecule has 2 heterocycles. The molecule has 0 aliphatic carbocycles. The van der Waals surface area contributed by atoms with E-state index in [-0.39, 0.29) is 11.8 Å². The summed E-state index contributed by atoms with van der Waals surface area (Å²) in [4.78, 5) is 31.8. The van der Waals surface area contributed by atoms with Crippen molar-refractivity contribution < 1.29 is 19.1 Å². The Morgan fingerprint density at radius 2 is 1.64 bits per heavy atom. The van der Waals surface area contributed by atoms with Crippen LogP contribution >= 0.6 is 0 Å². The van der Waals surface area contributed by atoms with Crippen molar-refractivity contribution in [3.63, 3.8) is 0 Å². The van der Waals surface area contributed by atoms with Crippen LogP contribution in [0.5, 0.6) is 5.75 Å². The summed E-state index contributed by atoms with van der Waals surface area (Å²) in [6, 6.07) is 15.9. The monoisotopic (exact) mass is 494 g/mol. The zero-order valence-corrected chi connectivity index (χ0v) is 21.3. The third-order valence-electron chi connectivity index (χ3n) is 6.91. The molecule has 2 aliphatic heterocycles. The van der Waals surface area contributed by atoms with Gasteiger partial charge in [-0.1, -0.05) is 12.1 Å². The number of anilines is 2. The van der Waals surface area contributed by atoms with Crippen molar-refractivity contribution in [3.8, 4) is 5.75 Å². The maximum Gasteiger partial charge on any atom is 0.225 e. The van der Waals surface area contributed by atoms with Gasteiger partial charge in [-0.15, -0.1) is 0 Å². The van der Waals surface area contributed by atoms with Gasteiger partial charge < -0.3 is 29.5 Å². The number of hydrogen-bond acceptors (Lipinski definition) is 6. The molecule has 0 aromatic heterocycles. The van der Waals surface area contributed by atoms with Gasteiger partial charge in [0.25, 0.3) is 0 Å². The van der Waals surface area contributed by atoms with Crippen LogP contribution in [0.2, 0.25) is 0 Å². The molecule has 2 fully saturated rings. The van der Waals surface area contributed by atoms with Gasteiger partial charge in [0.2, 0.25) is 11.8 Å². The van der Waals surface area contributed by atoms with E-state index in [2.05, 4.69) is 27.2 Å².